The first-order chi connectivity index (χ1) is 11.0. The van der Waals surface area contributed by atoms with E-state index in [4.69, 9.17) is 4.74 Å². The molecule has 1 saturated heterocycles. The van der Waals surface area contributed by atoms with E-state index in [9.17, 15) is 9.59 Å². The summed E-state index contributed by atoms with van der Waals surface area (Å²) in [4.78, 5) is 29.8. The van der Waals surface area contributed by atoms with Crippen molar-refractivity contribution in [2.75, 3.05) is 26.7 Å². The molecule has 0 spiro atoms. The number of ether oxygens (including phenoxy) is 1. The van der Waals surface area contributed by atoms with Gasteiger partial charge in [0.2, 0.25) is 5.91 Å². The van der Waals surface area contributed by atoms with E-state index < -0.39 is 0 Å². The van der Waals surface area contributed by atoms with E-state index in [-0.39, 0.29) is 23.8 Å². The van der Waals surface area contributed by atoms with Crippen LogP contribution in [0.3, 0.4) is 0 Å². The van der Waals surface area contributed by atoms with Crippen LogP contribution >= 0.6 is 0 Å². The molecule has 1 amide bonds. The number of aryl methyl sites for hydroxylation is 1. The third-order valence-electron chi connectivity index (χ3n) is 4.34. The molecule has 2 atom stereocenters. The molecule has 0 aromatic carbocycles. The van der Waals surface area contributed by atoms with Crippen molar-refractivity contribution < 1.29 is 14.3 Å². The summed E-state index contributed by atoms with van der Waals surface area (Å²) >= 11 is 0. The summed E-state index contributed by atoms with van der Waals surface area (Å²) in [6.07, 6.45) is 6.04. The minimum atomic E-state index is -0.171. The molecule has 1 aromatic rings. The summed E-state index contributed by atoms with van der Waals surface area (Å²) < 4.78 is 6.91. The zero-order valence-corrected chi connectivity index (χ0v) is 14.1. The number of rotatable bonds is 5. The van der Waals surface area contributed by atoms with Crippen LogP contribution in [0.1, 0.15) is 25.6 Å². The lowest BCUT2D eigenvalue weighted by atomic mass is 10.0. The number of likely N-dealkylation sites (tertiary alicyclic amines) is 1. The van der Waals surface area contributed by atoms with Gasteiger partial charge in [0.15, 0.2) is 0 Å². The van der Waals surface area contributed by atoms with Crippen LogP contribution in [-0.4, -0.2) is 59.1 Å². The molecule has 0 saturated carbocycles. The second-order valence-electron chi connectivity index (χ2n) is 6.16. The highest BCUT2D eigenvalue weighted by Gasteiger charge is 2.29. The van der Waals surface area contributed by atoms with Gasteiger partial charge in [0.05, 0.1) is 13.0 Å². The average molecular weight is 322 g/mol. The van der Waals surface area contributed by atoms with Crippen molar-refractivity contribution in [2.45, 2.75) is 32.2 Å². The summed E-state index contributed by atoms with van der Waals surface area (Å²) in [5.41, 5.74) is 0. The van der Waals surface area contributed by atoms with Gasteiger partial charge in [-0.25, -0.2) is 4.98 Å². The molecular formula is C16H26N4O3. The number of esters is 1. The van der Waals surface area contributed by atoms with E-state index >= 15 is 0 Å². The van der Waals surface area contributed by atoms with Gasteiger partial charge in [0.1, 0.15) is 5.82 Å². The molecule has 1 aliphatic heterocycles. The standard InChI is InChI=1S/C16H26N4O3/c1-12(21)18-14-5-4-13(16(22)23-3)10-20(11-14)8-6-15-17-7-9-19(15)2/h7,9,13-14H,4-6,8,10-11H2,1-3H3,(H,18,21)/t13-,14+/m0/s1. The number of carbonyl (C=O) groups excluding carboxylic acids is 2. The SMILES string of the molecule is COC(=O)[C@H]1CC[C@@H](NC(C)=O)CN(CCc2nccn2C)C1. The fourth-order valence-corrected chi connectivity index (χ4v) is 3.13. The number of imidazole rings is 1. The molecular weight excluding hydrogens is 296 g/mol. The van der Waals surface area contributed by atoms with Crippen LogP contribution in [0.5, 0.6) is 0 Å². The first-order valence-corrected chi connectivity index (χ1v) is 8.03. The first kappa shape index (κ1) is 17.5. The van der Waals surface area contributed by atoms with Crippen molar-refractivity contribution >= 4 is 11.9 Å². The van der Waals surface area contributed by atoms with Crippen LogP contribution in [0, 0.1) is 5.92 Å². The maximum atomic E-state index is 11.9. The van der Waals surface area contributed by atoms with Crippen LogP contribution < -0.4 is 5.32 Å². The number of aromatic nitrogens is 2. The van der Waals surface area contributed by atoms with Crippen molar-refractivity contribution in [1.82, 2.24) is 19.8 Å². The predicted octanol–water partition coefficient (Wildman–Crippen LogP) is 0.352. The van der Waals surface area contributed by atoms with E-state index in [1.165, 1.54) is 14.0 Å². The molecule has 0 aliphatic carbocycles. The smallest absolute Gasteiger partial charge is 0.309 e. The van der Waals surface area contributed by atoms with E-state index in [0.717, 1.165) is 38.2 Å². The van der Waals surface area contributed by atoms with Gasteiger partial charge >= 0.3 is 5.97 Å². The van der Waals surface area contributed by atoms with Crippen LogP contribution in [-0.2, 0) is 27.8 Å². The molecule has 0 bridgehead atoms. The van der Waals surface area contributed by atoms with Crippen LogP contribution in [0.15, 0.2) is 12.4 Å². The molecule has 7 heteroatoms. The number of nitrogens with zero attached hydrogens (tertiary/aromatic N) is 3. The van der Waals surface area contributed by atoms with Crippen molar-refractivity contribution in [3.8, 4) is 0 Å². The van der Waals surface area contributed by atoms with Crippen molar-refractivity contribution in [3.63, 3.8) is 0 Å². The third-order valence-corrected chi connectivity index (χ3v) is 4.34. The minimum Gasteiger partial charge on any atom is -0.469 e. The Balaban J connectivity index is 2.01. The van der Waals surface area contributed by atoms with E-state index in [1.807, 2.05) is 17.8 Å². The number of carbonyl (C=O) groups is 2. The molecule has 0 radical (unpaired) electrons. The highest BCUT2D eigenvalue weighted by Crippen LogP contribution is 2.18. The Hall–Kier alpha value is -1.89. The zero-order chi connectivity index (χ0) is 16.8. The molecule has 2 rings (SSSR count). The number of methoxy groups -OCH3 is 1. The topological polar surface area (TPSA) is 76.5 Å². The molecule has 1 N–H and O–H groups in total. The maximum absolute atomic E-state index is 11.9. The van der Waals surface area contributed by atoms with Crippen molar-refractivity contribution in [3.05, 3.63) is 18.2 Å². The Morgan fingerprint density at radius 2 is 2.17 bits per heavy atom. The Bertz CT molecular complexity index is 543. The van der Waals surface area contributed by atoms with Crippen molar-refractivity contribution in [2.24, 2.45) is 13.0 Å². The quantitative estimate of drug-likeness (QED) is 0.792. The van der Waals surface area contributed by atoms with Gasteiger partial charge in [0, 0.05) is 58.5 Å². The molecule has 1 aliphatic rings. The average Bonchev–Trinajstić information content (AvgIpc) is 2.81. The van der Waals surface area contributed by atoms with Gasteiger partial charge in [-0.1, -0.05) is 0 Å². The fraction of sp³-hybridized carbons (Fsp3) is 0.688. The second kappa shape index (κ2) is 8.10. The monoisotopic (exact) mass is 322 g/mol. The van der Waals surface area contributed by atoms with Gasteiger partial charge < -0.3 is 14.6 Å². The molecule has 128 valence electrons. The lowest BCUT2D eigenvalue weighted by Gasteiger charge is -2.25. The third kappa shape index (κ3) is 5.06. The van der Waals surface area contributed by atoms with E-state index in [1.54, 1.807) is 6.20 Å². The largest absolute Gasteiger partial charge is 0.469 e. The van der Waals surface area contributed by atoms with Crippen LogP contribution in [0.25, 0.3) is 0 Å². The highest BCUT2D eigenvalue weighted by atomic mass is 16.5. The van der Waals surface area contributed by atoms with E-state index in [2.05, 4.69) is 15.2 Å². The lowest BCUT2D eigenvalue weighted by molar-refractivity contribution is -0.146. The summed E-state index contributed by atoms with van der Waals surface area (Å²) in [6, 6.07) is 0.0727. The molecule has 7 nitrogen and oxygen atoms in total. The fourth-order valence-electron chi connectivity index (χ4n) is 3.13. The van der Waals surface area contributed by atoms with E-state index in [0.29, 0.717) is 6.54 Å². The predicted molar refractivity (Wildman–Crippen MR) is 85.7 cm³/mol. The number of amides is 1. The highest BCUT2D eigenvalue weighted by molar-refractivity contribution is 5.73. The van der Waals surface area contributed by atoms with Crippen molar-refractivity contribution in [1.29, 1.82) is 0 Å². The van der Waals surface area contributed by atoms with Gasteiger partial charge in [0.25, 0.3) is 0 Å². The minimum absolute atomic E-state index is 0.0319. The van der Waals surface area contributed by atoms with Gasteiger partial charge in [-0.05, 0) is 12.8 Å². The van der Waals surface area contributed by atoms with Gasteiger partial charge in [-0.3, -0.25) is 14.5 Å². The summed E-state index contributed by atoms with van der Waals surface area (Å²) in [5.74, 6) is 0.672. The van der Waals surface area contributed by atoms with Gasteiger partial charge in [-0.2, -0.15) is 0 Å². The lowest BCUT2D eigenvalue weighted by Crippen LogP contribution is -2.43. The number of hydrogen-bond acceptors (Lipinski definition) is 5. The zero-order valence-electron chi connectivity index (χ0n) is 14.1. The molecule has 23 heavy (non-hydrogen) atoms. The molecule has 0 unspecified atom stereocenters. The first-order valence-electron chi connectivity index (χ1n) is 8.03. The summed E-state index contributed by atoms with van der Waals surface area (Å²) in [6.45, 7) is 3.74. The van der Waals surface area contributed by atoms with Gasteiger partial charge in [-0.15, -0.1) is 0 Å². The molecule has 1 aromatic heterocycles. The number of nitrogens with one attached hydrogen (secondary N) is 1. The van der Waals surface area contributed by atoms with Crippen LogP contribution in [0.2, 0.25) is 0 Å². The second-order valence-corrected chi connectivity index (χ2v) is 6.16. The Kier molecular flexibility index (Phi) is 6.15. The Labute approximate surface area is 137 Å². The molecule has 2 heterocycles. The molecule has 1 fully saturated rings. The van der Waals surface area contributed by atoms with Crippen LogP contribution in [0.4, 0.5) is 0 Å². The number of hydrogen-bond donors (Lipinski definition) is 1. The summed E-state index contributed by atoms with van der Waals surface area (Å²) in [5, 5.41) is 2.98. The normalized spacial score (nSPS) is 22.4. The summed E-state index contributed by atoms with van der Waals surface area (Å²) in [7, 11) is 3.40. The Morgan fingerprint density at radius 3 is 2.78 bits per heavy atom. The maximum Gasteiger partial charge on any atom is 0.309 e. The Morgan fingerprint density at radius 1 is 1.39 bits per heavy atom.